The molecule has 1 atom stereocenters. The van der Waals surface area contributed by atoms with Crippen molar-refractivity contribution in [3.05, 3.63) is 35.4 Å². The molecule has 17 heavy (non-hydrogen) atoms. The molecule has 92 valence electrons. The number of hydrogen-bond acceptors (Lipinski definition) is 1. The first-order chi connectivity index (χ1) is 8.17. The molecular formula is C16H23N. The molecule has 1 aromatic carbocycles. The fourth-order valence-corrected chi connectivity index (χ4v) is 3.63. The molecule has 2 aliphatic rings. The maximum Gasteiger partial charge on any atom is 0.0379 e. The van der Waals surface area contributed by atoms with Gasteiger partial charge in [0, 0.05) is 12.1 Å². The van der Waals surface area contributed by atoms with Crippen LogP contribution in [0.3, 0.4) is 0 Å². The third-order valence-electron chi connectivity index (χ3n) is 4.55. The van der Waals surface area contributed by atoms with Gasteiger partial charge in [-0.25, -0.2) is 0 Å². The lowest BCUT2D eigenvalue weighted by molar-refractivity contribution is 0.248. The lowest BCUT2D eigenvalue weighted by Crippen LogP contribution is -2.37. The number of nitrogens with one attached hydrogen (secondary N) is 1. The summed E-state index contributed by atoms with van der Waals surface area (Å²) in [5, 5.41) is 3.92. The van der Waals surface area contributed by atoms with E-state index in [2.05, 4.69) is 43.4 Å². The van der Waals surface area contributed by atoms with Crippen LogP contribution >= 0.6 is 0 Å². The third-order valence-corrected chi connectivity index (χ3v) is 4.55. The normalized spacial score (nSPS) is 27.3. The summed E-state index contributed by atoms with van der Waals surface area (Å²) in [6.45, 7) is 4.80. The SMILES string of the molecule is CC1(C)Cc2ccccc2C1NC1CCCC1. The highest BCUT2D eigenvalue weighted by atomic mass is 15.0. The lowest BCUT2D eigenvalue weighted by atomic mass is 9.85. The van der Waals surface area contributed by atoms with Gasteiger partial charge >= 0.3 is 0 Å². The zero-order valence-corrected chi connectivity index (χ0v) is 11.0. The molecule has 0 spiro atoms. The van der Waals surface area contributed by atoms with Crippen LogP contribution in [0, 0.1) is 5.41 Å². The Morgan fingerprint density at radius 3 is 2.59 bits per heavy atom. The van der Waals surface area contributed by atoms with E-state index in [0.29, 0.717) is 11.5 Å². The zero-order chi connectivity index (χ0) is 11.9. The Kier molecular flexibility index (Phi) is 2.74. The Labute approximate surface area is 105 Å². The minimum Gasteiger partial charge on any atom is -0.307 e. The maximum absolute atomic E-state index is 3.92. The zero-order valence-electron chi connectivity index (χ0n) is 11.0. The Morgan fingerprint density at radius 1 is 1.12 bits per heavy atom. The number of rotatable bonds is 2. The van der Waals surface area contributed by atoms with Crippen molar-refractivity contribution in [3.8, 4) is 0 Å². The third kappa shape index (κ3) is 2.01. The van der Waals surface area contributed by atoms with Crippen LogP contribution in [0.1, 0.15) is 56.7 Å². The molecule has 0 heterocycles. The van der Waals surface area contributed by atoms with Gasteiger partial charge in [-0.3, -0.25) is 0 Å². The van der Waals surface area contributed by atoms with Crippen LogP contribution in [-0.2, 0) is 6.42 Å². The lowest BCUT2D eigenvalue weighted by Gasteiger charge is -2.31. The van der Waals surface area contributed by atoms with Crippen molar-refractivity contribution in [2.75, 3.05) is 0 Å². The highest BCUT2D eigenvalue weighted by Crippen LogP contribution is 2.45. The average molecular weight is 229 g/mol. The molecule has 1 unspecified atom stereocenters. The Hall–Kier alpha value is -0.820. The highest BCUT2D eigenvalue weighted by Gasteiger charge is 2.39. The van der Waals surface area contributed by atoms with Crippen LogP contribution in [0.2, 0.25) is 0 Å². The van der Waals surface area contributed by atoms with Gasteiger partial charge in [0.15, 0.2) is 0 Å². The molecule has 1 fully saturated rings. The van der Waals surface area contributed by atoms with E-state index < -0.39 is 0 Å². The molecular weight excluding hydrogens is 206 g/mol. The van der Waals surface area contributed by atoms with Gasteiger partial charge < -0.3 is 5.32 Å². The maximum atomic E-state index is 3.92. The predicted octanol–water partition coefficient (Wildman–Crippen LogP) is 3.84. The first-order valence-corrected chi connectivity index (χ1v) is 7.01. The van der Waals surface area contributed by atoms with Crippen LogP contribution < -0.4 is 5.32 Å². The molecule has 0 radical (unpaired) electrons. The van der Waals surface area contributed by atoms with Crippen LogP contribution in [0.5, 0.6) is 0 Å². The smallest absolute Gasteiger partial charge is 0.0379 e. The van der Waals surface area contributed by atoms with E-state index in [0.717, 1.165) is 6.04 Å². The second-order valence-corrected chi connectivity index (χ2v) is 6.45. The quantitative estimate of drug-likeness (QED) is 0.812. The summed E-state index contributed by atoms with van der Waals surface area (Å²) in [4.78, 5) is 0. The van der Waals surface area contributed by atoms with Crippen molar-refractivity contribution in [1.29, 1.82) is 0 Å². The number of fused-ring (bicyclic) bond motifs is 1. The first-order valence-electron chi connectivity index (χ1n) is 7.01. The van der Waals surface area contributed by atoms with Gasteiger partial charge in [0.05, 0.1) is 0 Å². The minimum absolute atomic E-state index is 0.367. The van der Waals surface area contributed by atoms with Gasteiger partial charge in [0.2, 0.25) is 0 Å². The summed E-state index contributed by atoms with van der Waals surface area (Å²) < 4.78 is 0. The van der Waals surface area contributed by atoms with Gasteiger partial charge in [-0.1, -0.05) is 51.0 Å². The second kappa shape index (κ2) is 4.13. The summed E-state index contributed by atoms with van der Waals surface area (Å²) in [5.74, 6) is 0. The minimum atomic E-state index is 0.367. The predicted molar refractivity (Wildman–Crippen MR) is 72.1 cm³/mol. The van der Waals surface area contributed by atoms with E-state index in [9.17, 15) is 0 Å². The standard InChI is InChI=1S/C16H23N/c1-16(2)11-12-7-3-6-10-14(12)15(16)17-13-8-4-5-9-13/h3,6-7,10,13,15,17H,4-5,8-9,11H2,1-2H3. The van der Waals surface area contributed by atoms with Crippen molar-refractivity contribution in [2.24, 2.45) is 5.41 Å². The van der Waals surface area contributed by atoms with Gasteiger partial charge in [0.25, 0.3) is 0 Å². The molecule has 1 heteroatoms. The van der Waals surface area contributed by atoms with Crippen molar-refractivity contribution in [3.63, 3.8) is 0 Å². The van der Waals surface area contributed by atoms with Gasteiger partial charge in [0.1, 0.15) is 0 Å². The topological polar surface area (TPSA) is 12.0 Å². The van der Waals surface area contributed by atoms with Crippen LogP contribution in [0.4, 0.5) is 0 Å². The largest absolute Gasteiger partial charge is 0.307 e. The summed E-state index contributed by atoms with van der Waals surface area (Å²) in [5.41, 5.74) is 3.46. The van der Waals surface area contributed by atoms with Gasteiger partial charge in [-0.2, -0.15) is 0 Å². The average Bonchev–Trinajstić information content (AvgIpc) is 2.86. The second-order valence-electron chi connectivity index (χ2n) is 6.45. The molecule has 3 rings (SSSR count). The summed E-state index contributed by atoms with van der Waals surface area (Å²) in [7, 11) is 0. The van der Waals surface area contributed by atoms with E-state index in [1.165, 1.54) is 32.1 Å². The monoisotopic (exact) mass is 229 g/mol. The summed E-state index contributed by atoms with van der Waals surface area (Å²) in [6.07, 6.45) is 6.77. The van der Waals surface area contributed by atoms with Gasteiger partial charge in [-0.15, -0.1) is 0 Å². The summed E-state index contributed by atoms with van der Waals surface area (Å²) >= 11 is 0. The van der Waals surface area contributed by atoms with Crippen LogP contribution in [0.25, 0.3) is 0 Å². The highest BCUT2D eigenvalue weighted by molar-refractivity contribution is 5.37. The Balaban J connectivity index is 1.85. The van der Waals surface area contributed by atoms with Crippen LogP contribution in [-0.4, -0.2) is 6.04 Å². The Bertz CT molecular complexity index is 402. The van der Waals surface area contributed by atoms with E-state index in [-0.39, 0.29) is 0 Å². The summed E-state index contributed by atoms with van der Waals surface area (Å²) in [6, 6.07) is 10.3. The molecule has 1 N–H and O–H groups in total. The van der Waals surface area contributed by atoms with E-state index in [1.54, 1.807) is 11.1 Å². The molecule has 0 bridgehead atoms. The molecule has 1 aromatic rings. The van der Waals surface area contributed by atoms with Crippen molar-refractivity contribution in [2.45, 2.75) is 58.0 Å². The van der Waals surface area contributed by atoms with E-state index in [4.69, 9.17) is 0 Å². The molecule has 0 saturated heterocycles. The molecule has 0 aromatic heterocycles. The van der Waals surface area contributed by atoms with Crippen molar-refractivity contribution >= 4 is 0 Å². The fraction of sp³-hybridized carbons (Fsp3) is 0.625. The molecule has 2 aliphatic carbocycles. The van der Waals surface area contributed by atoms with E-state index >= 15 is 0 Å². The van der Waals surface area contributed by atoms with E-state index in [1.807, 2.05) is 0 Å². The fourth-order valence-electron chi connectivity index (χ4n) is 3.63. The van der Waals surface area contributed by atoms with Gasteiger partial charge in [-0.05, 0) is 35.8 Å². The van der Waals surface area contributed by atoms with Crippen molar-refractivity contribution < 1.29 is 0 Å². The molecule has 1 nitrogen and oxygen atoms in total. The first kappa shape index (κ1) is 11.3. The number of benzene rings is 1. The molecule has 0 aliphatic heterocycles. The molecule has 1 saturated carbocycles. The van der Waals surface area contributed by atoms with Crippen LogP contribution in [0.15, 0.2) is 24.3 Å². The molecule has 0 amide bonds. The Morgan fingerprint density at radius 2 is 1.82 bits per heavy atom. The van der Waals surface area contributed by atoms with Crippen molar-refractivity contribution in [1.82, 2.24) is 5.32 Å². The number of hydrogen-bond donors (Lipinski definition) is 1.